The lowest BCUT2D eigenvalue weighted by Gasteiger charge is -2.28. The van der Waals surface area contributed by atoms with Crippen LogP contribution in [-0.2, 0) is 12.8 Å². The van der Waals surface area contributed by atoms with Gasteiger partial charge in [0.25, 0.3) is 0 Å². The van der Waals surface area contributed by atoms with Gasteiger partial charge in [-0.1, -0.05) is 42.0 Å². The van der Waals surface area contributed by atoms with Crippen LogP contribution in [0.1, 0.15) is 41.3 Å². The zero-order valence-electron chi connectivity index (χ0n) is 14.8. The summed E-state index contributed by atoms with van der Waals surface area (Å²) in [6, 6.07) is 17.4. The maximum Gasteiger partial charge on any atom is 0.0588 e. The van der Waals surface area contributed by atoms with Crippen LogP contribution < -0.4 is 5.32 Å². The zero-order valence-corrected chi connectivity index (χ0v) is 14.8. The van der Waals surface area contributed by atoms with Crippen LogP contribution in [0.3, 0.4) is 0 Å². The van der Waals surface area contributed by atoms with Crippen molar-refractivity contribution < 1.29 is 5.11 Å². The van der Waals surface area contributed by atoms with E-state index in [0.29, 0.717) is 0 Å². The molecular formula is C22H26N2O. The lowest BCUT2D eigenvalue weighted by molar-refractivity contribution is 0.225. The van der Waals surface area contributed by atoms with Gasteiger partial charge in [0.2, 0.25) is 0 Å². The standard InChI is InChI=1S/C22H26N2O/c1-15-10-11-20-19(12-15)18-8-5-9-21(22(18)24-20)23-17(14-25)13-16-6-3-2-4-7-16/h2-4,6-7,10-12,17,21,23-25H,5,8-9,13-14H2,1H3/t17-,21?/m0/s1. The first-order valence-corrected chi connectivity index (χ1v) is 9.26. The van der Waals surface area contributed by atoms with Gasteiger partial charge >= 0.3 is 0 Å². The summed E-state index contributed by atoms with van der Waals surface area (Å²) in [5.74, 6) is 0. The molecule has 1 unspecified atom stereocenters. The molecule has 1 aliphatic carbocycles. The highest BCUT2D eigenvalue weighted by Gasteiger charge is 2.26. The fourth-order valence-corrected chi connectivity index (χ4v) is 4.10. The normalized spacial score (nSPS) is 18.2. The molecule has 0 saturated heterocycles. The molecule has 0 aliphatic heterocycles. The maximum absolute atomic E-state index is 9.87. The second-order valence-electron chi connectivity index (χ2n) is 7.25. The number of aliphatic hydroxyl groups is 1. The Balaban J connectivity index is 1.58. The van der Waals surface area contributed by atoms with Gasteiger partial charge < -0.3 is 15.4 Å². The summed E-state index contributed by atoms with van der Waals surface area (Å²) in [5.41, 5.74) is 6.57. The first kappa shape index (κ1) is 16.4. The average molecular weight is 334 g/mol. The minimum atomic E-state index is 0.0755. The summed E-state index contributed by atoms with van der Waals surface area (Å²) < 4.78 is 0. The zero-order chi connectivity index (χ0) is 17.2. The molecule has 0 saturated carbocycles. The number of rotatable bonds is 5. The molecule has 4 rings (SSSR count). The molecule has 1 heterocycles. The molecule has 3 nitrogen and oxygen atoms in total. The molecule has 1 aromatic heterocycles. The van der Waals surface area contributed by atoms with Crippen LogP contribution in [0.4, 0.5) is 0 Å². The van der Waals surface area contributed by atoms with Crippen molar-refractivity contribution in [3.05, 3.63) is 70.9 Å². The van der Waals surface area contributed by atoms with E-state index in [2.05, 4.69) is 59.7 Å². The molecule has 3 heteroatoms. The molecule has 3 aromatic rings. The van der Waals surface area contributed by atoms with Gasteiger partial charge in [-0.2, -0.15) is 0 Å². The summed E-state index contributed by atoms with van der Waals surface area (Å²) >= 11 is 0. The average Bonchev–Trinajstić information content (AvgIpc) is 3.01. The van der Waals surface area contributed by atoms with Crippen LogP contribution in [0.2, 0.25) is 0 Å². The molecule has 2 aromatic carbocycles. The first-order valence-electron chi connectivity index (χ1n) is 9.26. The predicted octanol–water partition coefficient (Wildman–Crippen LogP) is 4.05. The minimum Gasteiger partial charge on any atom is -0.395 e. The second kappa shape index (κ2) is 7.03. The van der Waals surface area contributed by atoms with Gasteiger partial charge in [-0.3, -0.25) is 0 Å². The Morgan fingerprint density at radius 3 is 2.84 bits per heavy atom. The number of nitrogens with one attached hydrogen (secondary N) is 2. The molecule has 25 heavy (non-hydrogen) atoms. The van der Waals surface area contributed by atoms with E-state index in [1.165, 1.54) is 39.7 Å². The van der Waals surface area contributed by atoms with Crippen molar-refractivity contribution in [1.29, 1.82) is 0 Å². The van der Waals surface area contributed by atoms with Crippen LogP contribution in [-0.4, -0.2) is 22.7 Å². The SMILES string of the molecule is Cc1ccc2[nH]c3c(c2c1)CCCC3N[C@H](CO)Cc1ccccc1. The quantitative estimate of drug-likeness (QED) is 0.659. The fourth-order valence-electron chi connectivity index (χ4n) is 4.10. The fraction of sp³-hybridized carbons (Fsp3) is 0.364. The number of fused-ring (bicyclic) bond motifs is 3. The number of aryl methyl sites for hydroxylation is 2. The van der Waals surface area contributed by atoms with Crippen molar-refractivity contribution in [2.45, 2.75) is 44.7 Å². The maximum atomic E-state index is 9.87. The van der Waals surface area contributed by atoms with Crippen molar-refractivity contribution in [2.24, 2.45) is 0 Å². The van der Waals surface area contributed by atoms with Crippen molar-refractivity contribution >= 4 is 10.9 Å². The summed E-state index contributed by atoms with van der Waals surface area (Å²) in [6.45, 7) is 2.30. The molecular weight excluding hydrogens is 308 g/mol. The van der Waals surface area contributed by atoms with Crippen LogP contribution in [0, 0.1) is 6.92 Å². The number of H-pyrrole nitrogens is 1. The van der Waals surface area contributed by atoms with E-state index >= 15 is 0 Å². The summed E-state index contributed by atoms with van der Waals surface area (Å²) in [4.78, 5) is 3.64. The van der Waals surface area contributed by atoms with E-state index in [4.69, 9.17) is 0 Å². The largest absolute Gasteiger partial charge is 0.395 e. The Hall–Kier alpha value is -2.10. The molecule has 1 aliphatic rings. The van der Waals surface area contributed by atoms with Crippen LogP contribution in [0.25, 0.3) is 10.9 Å². The van der Waals surface area contributed by atoms with Crippen LogP contribution in [0.5, 0.6) is 0 Å². The van der Waals surface area contributed by atoms with Crippen molar-refractivity contribution in [2.75, 3.05) is 6.61 Å². The first-order chi connectivity index (χ1) is 12.2. The highest BCUT2D eigenvalue weighted by atomic mass is 16.3. The monoisotopic (exact) mass is 334 g/mol. The lowest BCUT2D eigenvalue weighted by Crippen LogP contribution is -2.38. The minimum absolute atomic E-state index is 0.0755. The van der Waals surface area contributed by atoms with Crippen molar-refractivity contribution in [3.8, 4) is 0 Å². The highest BCUT2D eigenvalue weighted by Crippen LogP contribution is 2.35. The van der Waals surface area contributed by atoms with E-state index in [9.17, 15) is 5.11 Å². The van der Waals surface area contributed by atoms with E-state index in [0.717, 1.165) is 19.3 Å². The van der Waals surface area contributed by atoms with Gasteiger partial charge in [0.1, 0.15) is 0 Å². The lowest BCUT2D eigenvalue weighted by atomic mass is 9.90. The number of aromatic amines is 1. The topological polar surface area (TPSA) is 48.0 Å². The predicted molar refractivity (Wildman–Crippen MR) is 103 cm³/mol. The van der Waals surface area contributed by atoms with Crippen molar-refractivity contribution in [1.82, 2.24) is 10.3 Å². The summed E-state index contributed by atoms with van der Waals surface area (Å²) in [6.07, 6.45) is 4.29. The van der Waals surface area contributed by atoms with E-state index < -0.39 is 0 Å². The van der Waals surface area contributed by atoms with Gasteiger partial charge in [0.15, 0.2) is 0 Å². The van der Waals surface area contributed by atoms with E-state index in [1.807, 2.05) is 6.07 Å². The third-order valence-corrected chi connectivity index (χ3v) is 5.34. The number of hydrogen-bond acceptors (Lipinski definition) is 2. The van der Waals surface area contributed by atoms with E-state index in [1.54, 1.807) is 0 Å². The Morgan fingerprint density at radius 1 is 1.20 bits per heavy atom. The van der Waals surface area contributed by atoms with Gasteiger partial charge in [-0.15, -0.1) is 0 Å². The molecule has 2 atom stereocenters. The molecule has 0 amide bonds. The Labute approximate surface area is 149 Å². The Bertz CT molecular complexity index is 853. The highest BCUT2D eigenvalue weighted by molar-refractivity contribution is 5.85. The smallest absolute Gasteiger partial charge is 0.0588 e. The molecule has 0 radical (unpaired) electrons. The Morgan fingerprint density at radius 2 is 2.04 bits per heavy atom. The Kier molecular flexibility index (Phi) is 4.60. The molecule has 0 spiro atoms. The third kappa shape index (κ3) is 3.35. The molecule has 130 valence electrons. The third-order valence-electron chi connectivity index (χ3n) is 5.34. The molecule has 3 N–H and O–H groups in total. The number of benzene rings is 2. The van der Waals surface area contributed by atoms with Gasteiger partial charge in [-0.05, 0) is 55.9 Å². The van der Waals surface area contributed by atoms with Crippen LogP contribution >= 0.6 is 0 Å². The number of aromatic nitrogens is 1. The summed E-state index contributed by atoms with van der Waals surface area (Å²) in [7, 11) is 0. The van der Waals surface area contributed by atoms with Crippen molar-refractivity contribution in [3.63, 3.8) is 0 Å². The number of hydrogen-bond donors (Lipinski definition) is 3. The van der Waals surface area contributed by atoms with Crippen LogP contribution in [0.15, 0.2) is 48.5 Å². The molecule has 0 bridgehead atoms. The summed E-state index contributed by atoms with van der Waals surface area (Å²) in [5, 5.41) is 14.9. The van der Waals surface area contributed by atoms with E-state index in [-0.39, 0.29) is 18.7 Å². The molecule has 0 fully saturated rings. The van der Waals surface area contributed by atoms with Gasteiger partial charge in [0.05, 0.1) is 6.61 Å². The number of aliphatic hydroxyl groups excluding tert-OH is 1. The second-order valence-corrected chi connectivity index (χ2v) is 7.25. The van der Waals surface area contributed by atoms with Gasteiger partial charge in [-0.25, -0.2) is 0 Å². The van der Waals surface area contributed by atoms with Gasteiger partial charge in [0, 0.05) is 28.7 Å².